The number of halogens is 2. The summed E-state index contributed by atoms with van der Waals surface area (Å²) in [6.45, 7) is 1.63. The van der Waals surface area contributed by atoms with Gasteiger partial charge in [0.1, 0.15) is 5.75 Å². The molecule has 1 rings (SSSR count). The Labute approximate surface area is 110 Å². The first-order valence-corrected chi connectivity index (χ1v) is 5.64. The monoisotopic (exact) mass is 277 g/mol. The number of amides is 1. The largest absolute Gasteiger partial charge is 0.481 e. The topological polar surface area (TPSA) is 38.8 Å². The number of carbonyl (C=O) groups is 1. The Morgan fingerprint density at radius 1 is 1.35 bits per heavy atom. The second-order valence-corrected chi connectivity index (χ2v) is 4.17. The summed E-state index contributed by atoms with van der Waals surface area (Å²) in [5.41, 5.74) is 0. The third-order valence-corrected chi connectivity index (χ3v) is 2.87. The summed E-state index contributed by atoms with van der Waals surface area (Å²) < 4.78 is 5.42. The zero-order valence-electron chi connectivity index (χ0n) is 9.74. The van der Waals surface area contributed by atoms with E-state index in [1.807, 2.05) is 0 Å². The predicted molar refractivity (Wildman–Crippen MR) is 66.3 cm³/mol. The fraction of sp³-hybridized carbons (Fsp3) is 0.364. The first-order valence-electron chi connectivity index (χ1n) is 4.89. The van der Waals surface area contributed by atoms with Crippen LogP contribution in [0.5, 0.6) is 5.75 Å². The maximum atomic E-state index is 11.6. The number of hydrogen-bond acceptors (Lipinski definition) is 3. The molecular weight excluding hydrogens is 265 g/mol. The van der Waals surface area contributed by atoms with Crippen LogP contribution in [-0.2, 0) is 9.63 Å². The van der Waals surface area contributed by atoms with E-state index in [-0.39, 0.29) is 5.91 Å². The molecule has 1 unspecified atom stereocenters. The molecule has 0 aliphatic carbocycles. The normalized spacial score (nSPS) is 12.1. The standard InChI is InChI=1S/C11H13Cl2NO3/c1-7(11(15)14(2)16-3)17-8-4-5-9(12)10(13)6-8/h4-7H,1-3H3. The first-order chi connectivity index (χ1) is 7.95. The Morgan fingerprint density at radius 3 is 2.53 bits per heavy atom. The van der Waals surface area contributed by atoms with E-state index in [9.17, 15) is 4.79 Å². The van der Waals surface area contributed by atoms with Gasteiger partial charge in [-0.05, 0) is 19.1 Å². The van der Waals surface area contributed by atoms with Crippen LogP contribution in [0.25, 0.3) is 0 Å². The van der Waals surface area contributed by atoms with Crippen molar-refractivity contribution in [3.8, 4) is 5.75 Å². The van der Waals surface area contributed by atoms with Crippen LogP contribution < -0.4 is 4.74 Å². The number of hydroxylamine groups is 2. The van der Waals surface area contributed by atoms with Crippen molar-refractivity contribution in [1.82, 2.24) is 5.06 Å². The fourth-order valence-electron chi connectivity index (χ4n) is 1.15. The summed E-state index contributed by atoms with van der Waals surface area (Å²) in [7, 11) is 2.92. The van der Waals surface area contributed by atoms with E-state index in [1.54, 1.807) is 25.1 Å². The fourth-order valence-corrected chi connectivity index (χ4v) is 1.44. The molecular formula is C11H13Cl2NO3. The van der Waals surface area contributed by atoms with E-state index in [2.05, 4.69) is 0 Å². The van der Waals surface area contributed by atoms with E-state index in [1.165, 1.54) is 14.2 Å². The van der Waals surface area contributed by atoms with Crippen LogP contribution in [0.3, 0.4) is 0 Å². The third kappa shape index (κ3) is 3.77. The molecule has 0 saturated heterocycles. The number of rotatable bonds is 4. The lowest BCUT2D eigenvalue weighted by molar-refractivity contribution is -0.175. The Bertz CT molecular complexity index is 412. The highest BCUT2D eigenvalue weighted by atomic mass is 35.5. The molecule has 1 amide bonds. The highest BCUT2D eigenvalue weighted by Crippen LogP contribution is 2.26. The van der Waals surface area contributed by atoms with Crippen LogP contribution in [0.15, 0.2) is 18.2 Å². The highest BCUT2D eigenvalue weighted by Gasteiger charge is 2.19. The molecule has 94 valence electrons. The second kappa shape index (κ2) is 6.10. The molecule has 0 fully saturated rings. The zero-order valence-corrected chi connectivity index (χ0v) is 11.2. The van der Waals surface area contributed by atoms with Gasteiger partial charge in [-0.2, -0.15) is 0 Å². The van der Waals surface area contributed by atoms with Crippen LogP contribution in [0.1, 0.15) is 6.92 Å². The van der Waals surface area contributed by atoms with Crippen molar-refractivity contribution in [3.63, 3.8) is 0 Å². The molecule has 1 aromatic rings. The number of hydrogen-bond donors (Lipinski definition) is 0. The van der Waals surface area contributed by atoms with Crippen LogP contribution >= 0.6 is 23.2 Å². The summed E-state index contributed by atoms with van der Waals surface area (Å²) in [6.07, 6.45) is -0.669. The molecule has 4 nitrogen and oxygen atoms in total. The SMILES string of the molecule is CON(C)C(=O)C(C)Oc1ccc(Cl)c(Cl)c1. The number of likely N-dealkylation sites (N-methyl/N-ethyl adjacent to an activating group) is 1. The lowest BCUT2D eigenvalue weighted by Crippen LogP contribution is -2.37. The van der Waals surface area contributed by atoms with Crippen molar-refractivity contribution >= 4 is 29.1 Å². The Hall–Kier alpha value is -0.970. The molecule has 0 aliphatic heterocycles. The lowest BCUT2D eigenvalue weighted by Gasteiger charge is -2.19. The van der Waals surface area contributed by atoms with Gasteiger partial charge in [0.15, 0.2) is 6.10 Å². The quantitative estimate of drug-likeness (QED) is 0.795. The minimum atomic E-state index is -0.669. The van der Waals surface area contributed by atoms with Gasteiger partial charge in [0.25, 0.3) is 5.91 Å². The third-order valence-electron chi connectivity index (χ3n) is 2.14. The Balaban J connectivity index is 2.71. The van der Waals surface area contributed by atoms with Gasteiger partial charge in [-0.15, -0.1) is 0 Å². The van der Waals surface area contributed by atoms with Crippen molar-refractivity contribution in [3.05, 3.63) is 28.2 Å². The van der Waals surface area contributed by atoms with Gasteiger partial charge < -0.3 is 4.74 Å². The summed E-state index contributed by atoms with van der Waals surface area (Å²) >= 11 is 11.6. The van der Waals surface area contributed by atoms with E-state index < -0.39 is 6.10 Å². The molecule has 0 aliphatic rings. The summed E-state index contributed by atoms with van der Waals surface area (Å²) in [5, 5.41) is 1.92. The predicted octanol–water partition coefficient (Wildman–Crippen LogP) is 2.78. The van der Waals surface area contributed by atoms with Crippen molar-refractivity contribution < 1.29 is 14.4 Å². The van der Waals surface area contributed by atoms with Crippen LogP contribution in [-0.4, -0.2) is 31.2 Å². The van der Waals surface area contributed by atoms with E-state index >= 15 is 0 Å². The van der Waals surface area contributed by atoms with Crippen molar-refractivity contribution in [1.29, 1.82) is 0 Å². The Kier molecular flexibility index (Phi) is 5.05. The number of benzene rings is 1. The van der Waals surface area contributed by atoms with Gasteiger partial charge in [0, 0.05) is 13.1 Å². The molecule has 0 aromatic heterocycles. The molecule has 0 heterocycles. The molecule has 0 bridgehead atoms. The highest BCUT2D eigenvalue weighted by molar-refractivity contribution is 6.42. The molecule has 17 heavy (non-hydrogen) atoms. The van der Waals surface area contributed by atoms with Crippen molar-refractivity contribution in [2.24, 2.45) is 0 Å². The van der Waals surface area contributed by atoms with Gasteiger partial charge in [0.2, 0.25) is 0 Å². The maximum Gasteiger partial charge on any atom is 0.286 e. The summed E-state index contributed by atoms with van der Waals surface area (Å²) in [4.78, 5) is 16.4. The average Bonchev–Trinajstić information content (AvgIpc) is 2.31. The number of nitrogens with zero attached hydrogens (tertiary/aromatic N) is 1. The molecule has 0 spiro atoms. The molecule has 6 heteroatoms. The molecule has 0 radical (unpaired) electrons. The van der Waals surface area contributed by atoms with E-state index in [0.717, 1.165) is 5.06 Å². The van der Waals surface area contributed by atoms with Gasteiger partial charge in [-0.1, -0.05) is 23.2 Å². The molecule has 1 atom stereocenters. The van der Waals surface area contributed by atoms with E-state index in [4.69, 9.17) is 32.8 Å². The average molecular weight is 278 g/mol. The van der Waals surface area contributed by atoms with Crippen molar-refractivity contribution in [2.75, 3.05) is 14.2 Å². The van der Waals surface area contributed by atoms with E-state index in [0.29, 0.717) is 15.8 Å². The second-order valence-electron chi connectivity index (χ2n) is 3.35. The van der Waals surface area contributed by atoms with Crippen LogP contribution in [0.2, 0.25) is 10.0 Å². The van der Waals surface area contributed by atoms with Crippen molar-refractivity contribution in [2.45, 2.75) is 13.0 Å². The van der Waals surface area contributed by atoms with Gasteiger partial charge in [-0.3, -0.25) is 9.63 Å². The summed E-state index contributed by atoms with van der Waals surface area (Å²) in [6, 6.07) is 4.81. The molecule has 1 aromatic carbocycles. The maximum absolute atomic E-state index is 11.6. The van der Waals surface area contributed by atoms with Gasteiger partial charge in [0.05, 0.1) is 17.2 Å². The first kappa shape index (κ1) is 14.1. The zero-order chi connectivity index (χ0) is 13.0. The smallest absolute Gasteiger partial charge is 0.286 e. The number of carbonyl (C=O) groups excluding carboxylic acids is 1. The Morgan fingerprint density at radius 2 is 2.00 bits per heavy atom. The summed E-state index contributed by atoms with van der Waals surface area (Å²) in [5.74, 6) is 0.184. The minimum Gasteiger partial charge on any atom is -0.481 e. The minimum absolute atomic E-state index is 0.293. The molecule has 0 N–H and O–H groups in total. The van der Waals surface area contributed by atoms with Crippen LogP contribution in [0, 0.1) is 0 Å². The number of ether oxygens (including phenoxy) is 1. The van der Waals surface area contributed by atoms with Crippen LogP contribution in [0.4, 0.5) is 0 Å². The van der Waals surface area contributed by atoms with Gasteiger partial charge in [-0.25, -0.2) is 5.06 Å². The van der Waals surface area contributed by atoms with Gasteiger partial charge >= 0.3 is 0 Å². The lowest BCUT2D eigenvalue weighted by atomic mass is 10.3. The molecule has 0 saturated carbocycles.